The minimum atomic E-state index is -1.52. The zero-order chi connectivity index (χ0) is 18.2. The van der Waals surface area contributed by atoms with Gasteiger partial charge in [0.05, 0.1) is 6.61 Å². The van der Waals surface area contributed by atoms with Crippen molar-refractivity contribution < 1.29 is 13.9 Å². The van der Waals surface area contributed by atoms with Crippen molar-refractivity contribution in [1.82, 2.24) is 10.6 Å². The van der Waals surface area contributed by atoms with E-state index >= 15 is 4.39 Å². The third-order valence-electron chi connectivity index (χ3n) is 5.55. The number of halogens is 1. The number of fused-ring (bicyclic) bond motifs is 1. The van der Waals surface area contributed by atoms with Crippen LogP contribution >= 0.6 is 11.3 Å². The van der Waals surface area contributed by atoms with E-state index in [-0.39, 0.29) is 25.5 Å². The number of rotatable bonds is 4. The Morgan fingerprint density at radius 1 is 1.27 bits per heavy atom. The molecule has 1 aromatic carbocycles. The van der Waals surface area contributed by atoms with Crippen LogP contribution in [0.4, 0.5) is 4.39 Å². The largest absolute Gasteiger partial charge is 0.380 e. The average Bonchev–Trinajstić information content (AvgIpc) is 3.23. The molecule has 2 fully saturated rings. The molecule has 1 amide bonds. The summed E-state index contributed by atoms with van der Waals surface area (Å²) in [4.78, 5) is 15.3. The van der Waals surface area contributed by atoms with Gasteiger partial charge in [0.15, 0.2) is 0 Å². The van der Waals surface area contributed by atoms with Gasteiger partial charge in [-0.05, 0) is 30.2 Å². The minimum absolute atomic E-state index is 0.138. The van der Waals surface area contributed by atoms with Gasteiger partial charge in [-0.15, -0.1) is 11.3 Å². The number of thiophene rings is 1. The predicted octanol–water partition coefficient (Wildman–Crippen LogP) is 3.06. The quantitative estimate of drug-likeness (QED) is 0.865. The first-order valence-corrected chi connectivity index (χ1v) is 9.76. The van der Waals surface area contributed by atoms with E-state index < -0.39 is 11.1 Å². The van der Waals surface area contributed by atoms with E-state index in [9.17, 15) is 4.79 Å². The Kier molecular flexibility index (Phi) is 4.59. The van der Waals surface area contributed by atoms with E-state index in [0.29, 0.717) is 19.7 Å². The molecule has 2 aliphatic heterocycles. The maximum atomic E-state index is 15.2. The van der Waals surface area contributed by atoms with E-state index in [1.807, 2.05) is 12.1 Å². The summed E-state index contributed by atoms with van der Waals surface area (Å²) in [5.41, 5.74) is -0.463. The molecule has 2 atom stereocenters. The number of nitrogens with one attached hydrogen (secondary N) is 2. The second-order valence-electron chi connectivity index (χ2n) is 7.24. The maximum absolute atomic E-state index is 15.2. The summed E-state index contributed by atoms with van der Waals surface area (Å²) in [7, 11) is 0. The van der Waals surface area contributed by atoms with Gasteiger partial charge >= 0.3 is 0 Å². The highest BCUT2D eigenvalue weighted by molar-refractivity contribution is 7.15. The number of alkyl halides is 1. The van der Waals surface area contributed by atoms with Crippen LogP contribution in [0.15, 0.2) is 36.4 Å². The summed E-state index contributed by atoms with van der Waals surface area (Å²) in [5, 5.41) is 5.96. The van der Waals surface area contributed by atoms with Crippen molar-refractivity contribution in [2.45, 2.75) is 25.6 Å². The van der Waals surface area contributed by atoms with Gasteiger partial charge in [-0.2, -0.15) is 0 Å². The molecular weight excluding hydrogens is 351 g/mol. The van der Waals surface area contributed by atoms with E-state index in [1.54, 1.807) is 11.3 Å². The topological polar surface area (TPSA) is 50.4 Å². The molecule has 6 heteroatoms. The van der Waals surface area contributed by atoms with Crippen LogP contribution < -0.4 is 10.6 Å². The SMILES string of the molecule is Cc1ccc(-c2ccc(CNC(=O)[C@]34CNC[C@@]3(F)CCOC4)cc2)s1. The molecule has 3 heterocycles. The second kappa shape index (κ2) is 6.76. The van der Waals surface area contributed by atoms with Crippen molar-refractivity contribution in [3.05, 3.63) is 46.8 Å². The Hall–Kier alpha value is -1.76. The van der Waals surface area contributed by atoms with Crippen molar-refractivity contribution in [2.75, 3.05) is 26.3 Å². The third-order valence-corrected chi connectivity index (χ3v) is 6.60. The number of ether oxygens (including phenoxy) is 1. The third kappa shape index (κ3) is 2.96. The normalized spacial score (nSPS) is 27.9. The molecule has 0 aliphatic carbocycles. The van der Waals surface area contributed by atoms with Crippen molar-refractivity contribution in [1.29, 1.82) is 0 Å². The number of carbonyl (C=O) groups excluding carboxylic acids is 1. The van der Waals surface area contributed by atoms with Gasteiger partial charge in [0.25, 0.3) is 0 Å². The zero-order valence-corrected chi connectivity index (χ0v) is 15.6. The molecule has 4 rings (SSSR count). The molecule has 0 radical (unpaired) electrons. The number of carbonyl (C=O) groups is 1. The summed E-state index contributed by atoms with van der Waals surface area (Å²) in [5.74, 6) is -0.261. The van der Waals surface area contributed by atoms with Crippen LogP contribution in [0.1, 0.15) is 16.9 Å². The molecule has 2 saturated heterocycles. The molecule has 2 aromatic rings. The first kappa shape index (κ1) is 17.6. The van der Waals surface area contributed by atoms with Gasteiger partial charge < -0.3 is 15.4 Å². The van der Waals surface area contributed by atoms with Crippen LogP contribution in [0.25, 0.3) is 10.4 Å². The van der Waals surface area contributed by atoms with Crippen LogP contribution in [-0.2, 0) is 16.1 Å². The van der Waals surface area contributed by atoms with Crippen LogP contribution in [0.2, 0.25) is 0 Å². The molecule has 0 unspecified atom stereocenters. The molecule has 138 valence electrons. The van der Waals surface area contributed by atoms with E-state index in [1.165, 1.54) is 15.3 Å². The van der Waals surface area contributed by atoms with Crippen LogP contribution in [0.5, 0.6) is 0 Å². The van der Waals surface area contributed by atoms with E-state index in [0.717, 1.165) is 5.56 Å². The number of aryl methyl sites for hydroxylation is 1. The molecule has 0 spiro atoms. The first-order chi connectivity index (χ1) is 12.5. The van der Waals surface area contributed by atoms with Gasteiger partial charge in [0.1, 0.15) is 11.1 Å². The maximum Gasteiger partial charge on any atom is 0.233 e. The summed E-state index contributed by atoms with van der Waals surface area (Å²) in [6.07, 6.45) is 0.266. The van der Waals surface area contributed by atoms with Crippen LogP contribution in [0.3, 0.4) is 0 Å². The summed E-state index contributed by atoms with van der Waals surface area (Å²) in [6.45, 7) is 3.54. The first-order valence-electron chi connectivity index (χ1n) is 8.94. The van der Waals surface area contributed by atoms with Crippen LogP contribution in [0, 0.1) is 12.3 Å². The predicted molar refractivity (Wildman–Crippen MR) is 101 cm³/mol. The standard InChI is InChI=1S/C20H23FN2O2S/c1-14-2-7-17(26-14)16-5-3-15(4-6-16)10-23-18(24)19-11-22-12-20(19,21)8-9-25-13-19/h2-7,22H,8-13H2,1H3,(H,23,24)/t19-,20+/m1/s1. The molecule has 4 nitrogen and oxygen atoms in total. The molecule has 0 saturated carbocycles. The highest BCUT2D eigenvalue weighted by Crippen LogP contribution is 2.44. The Bertz CT molecular complexity index is 806. The Morgan fingerprint density at radius 3 is 2.81 bits per heavy atom. The van der Waals surface area contributed by atoms with Gasteiger partial charge in [-0.3, -0.25) is 4.79 Å². The number of benzene rings is 1. The summed E-state index contributed by atoms with van der Waals surface area (Å²) >= 11 is 1.76. The van der Waals surface area contributed by atoms with Gasteiger partial charge in [0.2, 0.25) is 5.91 Å². The van der Waals surface area contributed by atoms with Crippen molar-refractivity contribution in [3.63, 3.8) is 0 Å². The van der Waals surface area contributed by atoms with Crippen molar-refractivity contribution in [2.24, 2.45) is 5.41 Å². The Morgan fingerprint density at radius 2 is 2.08 bits per heavy atom. The fourth-order valence-electron chi connectivity index (χ4n) is 3.87. The lowest BCUT2D eigenvalue weighted by molar-refractivity contribution is -0.154. The van der Waals surface area contributed by atoms with E-state index in [4.69, 9.17) is 4.74 Å². The van der Waals surface area contributed by atoms with Gasteiger partial charge in [-0.1, -0.05) is 24.3 Å². The Balaban J connectivity index is 1.43. The lowest BCUT2D eigenvalue weighted by Crippen LogP contribution is -2.59. The molecule has 0 bridgehead atoms. The molecule has 26 heavy (non-hydrogen) atoms. The highest BCUT2D eigenvalue weighted by Gasteiger charge is 2.62. The fourth-order valence-corrected chi connectivity index (χ4v) is 4.74. The second-order valence-corrected chi connectivity index (χ2v) is 8.53. The lowest BCUT2D eigenvalue weighted by atomic mass is 9.72. The number of hydrogen-bond donors (Lipinski definition) is 2. The Labute approximate surface area is 156 Å². The van der Waals surface area contributed by atoms with Crippen LogP contribution in [-0.4, -0.2) is 37.9 Å². The molecule has 2 N–H and O–H groups in total. The molecular formula is C20H23FN2O2S. The van der Waals surface area contributed by atoms with Crippen molar-refractivity contribution in [3.8, 4) is 10.4 Å². The average molecular weight is 374 g/mol. The smallest absolute Gasteiger partial charge is 0.233 e. The number of amides is 1. The van der Waals surface area contributed by atoms with Gasteiger partial charge in [-0.25, -0.2) is 4.39 Å². The highest BCUT2D eigenvalue weighted by atomic mass is 32.1. The molecule has 2 aliphatic rings. The summed E-state index contributed by atoms with van der Waals surface area (Å²) < 4.78 is 20.7. The van der Waals surface area contributed by atoms with Crippen molar-refractivity contribution >= 4 is 17.2 Å². The lowest BCUT2D eigenvalue weighted by Gasteiger charge is -2.41. The van der Waals surface area contributed by atoms with E-state index in [2.05, 4.69) is 41.8 Å². The minimum Gasteiger partial charge on any atom is -0.380 e. The monoisotopic (exact) mass is 374 g/mol. The zero-order valence-electron chi connectivity index (χ0n) is 14.8. The summed E-state index contributed by atoms with van der Waals surface area (Å²) in [6, 6.07) is 12.4. The number of hydrogen-bond acceptors (Lipinski definition) is 4. The fraction of sp³-hybridized carbons (Fsp3) is 0.450. The van der Waals surface area contributed by atoms with Gasteiger partial charge in [0, 0.05) is 42.4 Å². The molecule has 1 aromatic heterocycles.